The van der Waals surface area contributed by atoms with Crippen LogP contribution in [0.4, 0.5) is 0 Å². The van der Waals surface area contributed by atoms with Crippen molar-refractivity contribution in [1.29, 1.82) is 0 Å². The second-order valence-electron chi connectivity index (χ2n) is 9.77. The van der Waals surface area contributed by atoms with Gasteiger partial charge in [0, 0.05) is 35.8 Å². The minimum atomic E-state index is -3.03. The zero-order chi connectivity index (χ0) is 26.2. The van der Waals surface area contributed by atoms with Crippen molar-refractivity contribution < 1.29 is 13.2 Å². The molecule has 3 heterocycles. The number of aromatic nitrogens is 3. The van der Waals surface area contributed by atoms with E-state index >= 15 is 0 Å². The van der Waals surface area contributed by atoms with Crippen LogP contribution in [0.1, 0.15) is 41.6 Å². The van der Waals surface area contributed by atoms with Gasteiger partial charge in [0.1, 0.15) is 5.82 Å². The molecule has 1 N–H and O–H groups in total. The van der Waals surface area contributed by atoms with Crippen LogP contribution >= 0.6 is 0 Å². The van der Waals surface area contributed by atoms with E-state index in [0.29, 0.717) is 5.56 Å². The van der Waals surface area contributed by atoms with Crippen LogP contribution in [0.2, 0.25) is 0 Å². The van der Waals surface area contributed by atoms with Gasteiger partial charge in [-0.2, -0.15) is 0 Å². The lowest BCUT2D eigenvalue weighted by Gasteiger charge is -2.26. The van der Waals surface area contributed by atoms with Crippen molar-refractivity contribution in [3.05, 3.63) is 83.8 Å². The van der Waals surface area contributed by atoms with Gasteiger partial charge < -0.3 is 9.88 Å². The Bertz CT molecular complexity index is 1540. The van der Waals surface area contributed by atoms with E-state index < -0.39 is 9.84 Å². The fourth-order valence-electron chi connectivity index (χ4n) is 4.49. The molecule has 2 aromatic heterocycles. The summed E-state index contributed by atoms with van der Waals surface area (Å²) < 4.78 is 23.4. The summed E-state index contributed by atoms with van der Waals surface area (Å²) >= 11 is 0. The average Bonchev–Trinajstić information content (AvgIpc) is 3.35. The Morgan fingerprint density at radius 3 is 2.24 bits per heavy atom. The Balaban J connectivity index is 1.44. The predicted molar refractivity (Wildman–Crippen MR) is 146 cm³/mol. The van der Waals surface area contributed by atoms with Crippen molar-refractivity contribution in [2.75, 3.05) is 24.6 Å². The molecule has 4 aromatic rings. The van der Waals surface area contributed by atoms with Crippen molar-refractivity contribution in [3.63, 3.8) is 0 Å². The standard InChI is InChI=1S/C29H30N4O3S/c1-19(2)28-31-26(27(32-28)25-9-4-6-20(3)30-25)24-8-5-7-23(18-24)21-10-12-22(13-11-21)29(34)33-14-16-37(35,36)17-15-33/h4-13,18-19H,14-17H2,1-3H3,(H,31,32). The number of hydrogen-bond acceptors (Lipinski definition) is 5. The summed E-state index contributed by atoms with van der Waals surface area (Å²) in [5.41, 5.74) is 7.08. The van der Waals surface area contributed by atoms with Gasteiger partial charge in [-0.15, -0.1) is 0 Å². The highest BCUT2D eigenvalue weighted by atomic mass is 32.2. The fourth-order valence-corrected chi connectivity index (χ4v) is 5.69. The summed E-state index contributed by atoms with van der Waals surface area (Å²) in [5.74, 6) is 1.06. The van der Waals surface area contributed by atoms with E-state index in [1.54, 1.807) is 17.0 Å². The van der Waals surface area contributed by atoms with E-state index in [0.717, 1.165) is 45.3 Å². The van der Waals surface area contributed by atoms with Gasteiger partial charge >= 0.3 is 0 Å². The number of aryl methyl sites for hydroxylation is 1. The molecule has 0 bridgehead atoms. The Morgan fingerprint density at radius 2 is 1.57 bits per heavy atom. The van der Waals surface area contributed by atoms with E-state index in [4.69, 9.17) is 9.97 Å². The molecule has 0 aliphatic carbocycles. The van der Waals surface area contributed by atoms with E-state index in [9.17, 15) is 13.2 Å². The number of nitrogens with zero attached hydrogens (tertiary/aromatic N) is 3. The monoisotopic (exact) mass is 514 g/mol. The average molecular weight is 515 g/mol. The predicted octanol–water partition coefficient (Wildman–Crippen LogP) is 5.11. The third-order valence-electron chi connectivity index (χ3n) is 6.65. The highest BCUT2D eigenvalue weighted by Crippen LogP contribution is 2.33. The highest BCUT2D eigenvalue weighted by Gasteiger charge is 2.25. The lowest BCUT2D eigenvalue weighted by molar-refractivity contribution is 0.0770. The normalized spacial score (nSPS) is 15.2. The topological polar surface area (TPSA) is 96.0 Å². The number of carbonyl (C=O) groups is 1. The van der Waals surface area contributed by atoms with Crippen LogP contribution < -0.4 is 0 Å². The highest BCUT2D eigenvalue weighted by molar-refractivity contribution is 7.91. The Kier molecular flexibility index (Phi) is 6.69. The summed E-state index contributed by atoms with van der Waals surface area (Å²) in [5, 5.41) is 0. The quantitative estimate of drug-likeness (QED) is 0.399. The molecule has 1 aliphatic heterocycles. The van der Waals surface area contributed by atoms with Crippen molar-refractivity contribution in [3.8, 4) is 33.8 Å². The minimum Gasteiger partial charge on any atom is -0.340 e. The van der Waals surface area contributed by atoms with Gasteiger partial charge in [0.15, 0.2) is 9.84 Å². The van der Waals surface area contributed by atoms with Crippen molar-refractivity contribution in [1.82, 2.24) is 19.9 Å². The number of hydrogen-bond donors (Lipinski definition) is 1. The Hall–Kier alpha value is -3.78. The molecule has 0 atom stereocenters. The first-order valence-corrected chi connectivity index (χ1v) is 14.3. The van der Waals surface area contributed by atoms with Crippen molar-refractivity contribution in [2.45, 2.75) is 26.7 Å². The first kappa shape index (κ1) is 24.9. The molecule has 1 saturated heterocycles. The fraction of sp³-hybridized carbons (Fsp3) is 0.276. The van der Waals surface area contributed by atoms with Crippen LogP contribution in [0, 0.1) is 6.92 Å². The van der Waals surface area contributed by atoms with E-state index in [-0.39, 0.29) is 36.4 Å². The summed E-state index contributed by atoms with van der Waals surface area (Å²) in [6, 6.07) is 21.6. The van der Waals surface area contributed by atoms with E-state index in [1.807, 2.05) is 55.5 Å². The number of aromatic amines is 1. The van der Waals surface area contributed by atoms with Gasteiger partial charge in [-0.3, -0.25) is 9.78 Å². The molecule has 0 radical (unpaired) electrons. The van der Waals surface area contributed by atoms with Gasteiger partial charge in [0.25, 0.3) is 5.91 Å². The maximum absolute atomic E-state index is 12.9. The molecule has 0 spiro atoms. The number of rotatable bonds is 5. The number of H-pyrrole nitrogens is 1. The Labute approximate surface area is 217 Å². The number of carbonyl (C=O) groups excluding carboxylic acids is 1. The van der Waals surface area contributed by atoms with Crippen LogP contribution in [-0.2, 0) is 9.84 Å². The first-order chi connectivity index (χ1) is 17.7. The maximum Gasteiger partial charge on any atom is 0.253 e. The second-order valence-corrected chi connectivity index (χ2v) is 12.1. The largest absolute Gasteiger partial charge is 0.340 e. The van der Waals surface area contributed by atoms with Crippen LogP contribution in [-0.4, -0.2) is 58.8 Å². The van der Waals surface area contributed by atoms with Crippen molar-refractivity contribution in [2.24, 2.45) is 0 Å². The minimum absolute atomic E-state index is 0.0232. The molecule has 7 nitrogen and oxygen atoms in total. The van der Waals surface area contributed by atoms with E-state index in [1.165, 1.54) is 0 Å². The second kappa shape index (κ2) is 9.94. The third-order valence-corrected chi connectivity index (χ3v) is 8.26. The van der Waals surface area contributed by atoms with Crippen LogP contribution in [0.3, 0.4) is 0 Å². The lowest BCUT2D eigenvalue weighted by Crippen LogP contribution is -2.43. The molecular weight excluding hydrogens is 484 g/mol. The van der Waals surface area contributed by atoms with Gasteiger partial charge in [-0.1, -0.05) is 50.2 Å². The van der Waals surface area contributed by atoms with Gasteiger partial charge in [-0.25, -0.2) is 13.4 Å². The zero-order valence-corrected chi connectivity index (χ0v) is 22.0. The van der Waals surface area contributed by atoms with Crippen molar-refractivity contribution >= 4 is 15.7 Å². The molecule has 2 aromatic carbocycles. The summed E-state index contributed by atoms with van der Waals surface area (Å²) in [6.45, 7) is 6.68. The number of benzene rings is 2. The number of pyridine rings is 1. The molecule has 37 heavy (non-hydrogen) atoms. The van der Waals surface area contributed by atoms with Gasteiger partial charge in [-0.05, 0) is 48.4 Å². The first-order valence-electron chi connectivity index (χ1n) is 12.4. The number of amides is 1. The SMILES string of the molecule is Cc1cccc(-c2[nH]c(C(C)C)nc2-c2cccc(-c3ccc(C(=O)N4CCS(=O)(=O)CC4)cc3)c2)n1. The number of imidazole rings is 1. The molecule has 0 unspecified atom stereocenters. The molecule has 1 fully saturated rings. The summed E-state index contributed by atoms with van der Waals surface area (Å²) in [7, 11) is -3.03. The maximum atomic E-state index is 12.9. The number of nitrogens with one attached hydrogen (secondary N) is 1. The molecular formula is C29H30N4O3S. The van der Waals surface area contributed by atoms with Gasteiger partial charge in [0.2, 0.25) is 0 Å². The van der Waals surface area contributed by atoms with Crippen LogP contribution in [0.25, 0.3) is 33.8 Å². The van der Waals surface area contributed by atoms with Crippen LogP contribution in [0.15, 0.2) is 66.7 Å². The smallest absolute Gasteiger partial charge is 0.253 e. The molecule has 190 valence electrons. The number of sulfone groups is 1. The molecule has 1 amide bonds. The van der Waals surface area contributed by atoms with E-state index in [2.05, 4.69) is 24.9 Å². The van der Waals surface area contributed by atoms with Gasteiger partial charge in [0.05, 0.1) is 28.6 Å². The van der Waals surface area contributed by atoms with Crippen LogP contribution in [0.5, 0.6) is 0 Å². The molecule has 5 rings (SSSR count). The molecule has 1 aliphatic rings. The zero-order valence-electron chi connectivity index (χ0n) is 21.2. The summed E-state index contributed by atoms with van der Waals surface area (Å²) in [6.07, 6.45) is 0. The molecule has 0 saturated carbocycles. The third kappa shape index (κ3) is 5.34. The Morgan fingerprint density at radius 1 is 0.892 bits per heavy atom. The molecule has 8 heteroatoms. The summed E-state index contributed by atoms with van der Waals surface area (Å²) in [4.78, 5) is 27.6. The lowest BCUT2D eigenvalue weighted by atomic mass is 9.99.